The molecule has 0 aromatic carbocycles. The largest absolute Gasteiger partial charge is 1.00 e. The summed E-state index contributed by atoms with van der Waals surface area (Å²) in [5.74, 6) is -2.95. The summed E-state index contributed by atoms with van der Waals surface area (Å²) in [4.78, 5) is 36.0. The number of allylic oxidation sites excluding steroid dienone is 1. The molecule has 0 radical (unpaired) electrons. The Labute approximate surface area is 182 Å². The Bertz CT molecular complexity index is 278. The van der Waals surface area contributed by atoms with Crippen molar-refractivity contribution in [3.63, 3.8) is 0 Å². The Kier molecular flexibility index (Phi) is 70.3. The van der Waals surface area contributed by atoms with Crippen LogP contribution in [0.2, 0.25) is 0 Å². The van der Waals surface area contributed by atoms with Crippen molar-refractivity contribution in [2.75, 3.05) is 0 Å². The van der Waals surface area contributed by atoms with E-state index in [1.807, 2.05) is 0 Å². The molecule has 0 aliphatic heterocycles. The first-order valence-electron chi connectivity index (χ1n) is 5.15. The van der Waals surface area contributed by atoms with E-state index in [-0.39, 0.29) is 62.0 Å². The van der Waals surface area contributed by atoms with Gasteiger partial charge in [0.1, 0.15) is 0 Å². The van der Waals surface area contributed by atoms with Crippen LogP contribution < -0.4 is 70.6 Å². The number of rotatable bonds is 0. The third-order valence-corrected chi connectivity index (χ3v) is 0.333. The molecule has 0 aliphatic rings. The van der Waals surface area contributed by atoms with Crippen molar-refractivity contribution in [3.05, 3.63) is 11.9 Å². The van der Waals surface area contributed by atoms with Gasteiger partial charge in [0.2, 0.25) is 0 Å². The van der Waals surface area contributed by atoms with E-state index in [0.29, 0.717) is 5.82 Å². The Morgan fingerprint density at radius 1 is 0.696 bits per heavy atom. The second-order valence-electron chi connectivity index (χ2n) is 2.86. The third-order valence-electron chi connectivity index (χ3n) is 0.333. The molecule has 130 valence electrons. The molecule has 0 aromatic rings. The molecule has 0 aliphatic carbocycles. The van der Waals surface area contributed by atoms with Gasteiger partial charge in [-0.25, -0.2) is 0 Å². The Hall–Kier alpha value is -0.780. The number of carbonyl (C=O) groups is 4. The predicted molar refractivity (Wildman–Crippen MR) is 77.6 cm³/mol. The van der Waals surface area contributed by atoms with Crippen molar-refractivity contribution < 1.29 is 102 Å². The summed E-state index contributed by atoms with van der Waals surface area (Å²) in [5.41, 5.74) is 9.86. The van der Waals surface area contributed by atoms with Crippen molar-refractivity contribution in [2.45, 2.75) is 34.6 Å². The fourth-order valence-electron chi connectivity index (χ4n) is 0. The van der Waals surface area contributed by atoms with Crippen LogP contribution in [0.5, 0.6) is 0 Å². The maximum Gasteiger partial charge on any atom is 1.00 e. The monoisotopic (exact) mass is 360 g/mol. The first-order chi connectivity index (χ1) is 9.20. The van der Waals surface area contributed by atoms with Gasteiger partial charge < -0.3 is 34.7 Å². The van der Waals surface area contributed by atoms with Gasteiger partial charge >= 0.3 is 59.1 Å². The summed E-state index contributed by atoms with van der Waals surface area (Å²) in [7, 11) is 0. The molecule has 12 heteroatoms. The molecule has 8 N–H and O–H groups in total. The zero-order valence-electron chi connectivity index (χ0n) is 16.7. The van der Waals surface area contributed by atoms with E-state index in [0.717, 1.165) is 27.7 Å². The van der Waals surface area contributed by atoms with Crippen molar-refractivity contribution >= 4 is 23.9 Å². The van der Waals surface area contributed by atoms with Crippen LogP contribution in [0.1, 0.15) is 37.5 Å². The maximum atomic E-state index is 9.00. The summed E-state index contributed by atoms with van der Waals surface area (Å²) < 4.78 is 0. The van der Waals surface area contributed by atoms with Gasteiger partial charge in [0.15, 0.2) is 0 Å². The third kappa shape index (κ3) is 5270. The molecule has 10 nitrogen and oxygen atoms in total. The average molecular weight is 360 g/mol. The van der Waals surface area contributed by atoms with Crippen LogP contribution in [-0.4, -0.2) is 44.3 Å². The van der Waals surface area contributed by atoms with E-state index in [1.54, 1.807) is 13.0 Å². The van der Waals surface area contributed by atoms with Crippen LogP contribution in [-0.2, 0) is 19.2 Å². The summed E-state index contributed by atoms with van der Waals surface area (Å²) >= 11 is 0. The quantitative estimate of drug-likeness (QED) is 0.226. The Morgan fingerprint density at radius 2 is 0.739 bits per heavy atom. The van der Waals surface area contributed by atoms with Crippen molar-refractivity contribution in [1.29, 1.82) is 0 Å². The van der Waals surface area contributed by atoms with E-state index in [9.17, 15) is 0 Å². The average Bonchev–Trinajstić information content (AvgIpc) is 2.13. The van der Waals surface area contributed by atoms with Gasteiger partial charge in [-0.2, -0.15) is 0 Å². The summed E-state index contributed by atoms with van der Waals surface area (Å²) in [5, 5.41) is 29.7. The van der Waals surface area contributed by atoms with E-state index in [4.69, 9.17) is 51.1 Å². The molecular weight excluding hydrogens is 334 g/mol. The van der Waals surface area contributed by atoms with Crippen LogP contribution in [0, 0.1) is 0 Å². The molecule has 0 bridgehead atoms. The predicted octanol–water partition coefficient (Wildman–Crippen LogP) is -5.64. The normalized spacial score (nSPS) is 5.78. The van der Waals surface area contributed by atoms with Crippen molar-refractivity contribution in [3.8, 4) is 0 Å². The van der Waals surface area contributed by atoms with Crippen LogP contribution in [0.3, 0.4) is 0 Å². The zero-order chi connectivity index (χ0) is 18.6. The molecule has 0 rings (SSSR count). The number of hydrogen-bond acceptors (Lipinski definition) is 6. The van der Waals surface area contributed by atoms with Crippen LogP contribution in [0.25, 0.3) is 0 Å². The van der Waals surface area contributed by atoms with E-state index < -0.39 is 23.9 Å². The Balaban J connectivity index is -0.0000000176. The van der Waals surface area contributed by atoms with Gasteiger partial charge in [0.25, 0.3) is 23.9 Å². The zero-order valence-corrected chi connectivity index (χ0v) is 18.7. The summed E-state index contributed by atoms with van der Waals surface area (Å²) in [6, 6.07) is 0. The van der Waals surface area contributed by atoms with Crippen LogP contribution in [0.4, 0.5) is 0 Å². The maximum absolute atomic E-state index is 9.00. The van der Waals surface area contributed by atoms with Gasteiger partial charge in [0.05, 0.1) is 5.82 Å². The van der Waals surface area contributed by atoms with Crippen molar-refractivity contribution in [1.82, 2.24) is 0 Å². The second-order valence-corrected chi connectivity index (χ2v) is 2.86. The summed E-state index contributed by atoms with van der Waals surface area (Å²) in [6.07, 6.45) is 1.64. The molecule has 23 heavy (non-hydrogen) atoms. The fraction of sp³-hybridized carbons (Fsp3) is 0.455. The topological polar surface area (TPSA) is 201 Å². The van der Waals surface area contributed by atoms with Gasteiger partial charge in [-0.15, -0.1) is 0 Å². The smallest absolute Gasteiger partial charge is 1.00 e. The van der Waals surface area contributed by atoms with E-state index in [1.165, 1.54) is 0 Å². The molecule has 0 spiro atoms. The molecule has 0 atom stereocenters. The molecule has 0 amide bonds. The van der Waals surface area contributed by atoms with E-state index in [2.05, 4.69) is 0 Å². The van der Waals surface area contributed by atoms with Gasteiger partial charge in [-0.1, -0.05) is 0 Å². The second kappa shape index (κ2) is 37.5. The molecule has 0 fully saturated rings. The molecule has 0 aromatic heterocycles. The van der Waals surface area contributed by atoms with Crippen molar-refractivity contribution in [2.24, 2.45) is 11.5 Å². The molecule has 0 unspecified atom stereocenters. The number of carboxylic acid groups (broad SMARTS) is 4. The standard InChI is InChI=1S/C3H8N2.4C2H4O2.2Na.2H/c1-2-3(4)5;4*1-2(3)4;;;;/h2H,4-5H2,1H3;4*1H3,(H,3,4);;;;/q;;;;;2*+1;2*-1. The number of nitrogens with two attached hydrogens (primary N) is 2. The molecule has 0 saturated carbocycles. The molecule has 0 heterocycles. The van der Waals surface area contributed by atoms with Crippen LogP contribution in [0.15, 0.2) is 11.9 Å². The van der Waals surface area contributed by atoms with E-state index >= 15 is 0 Å². The number of hydrogen-bond donors (Lipinski definition) is 6. The minimum Gasteiger partial charge on any atom is -1.00 e. The first-order valence-corrected chi connectivity index (χ1v) is 5.15. The first kappa shape index (κ1) is 43.2. The number of carboxylic acids is 4. The van der Waals surface area contributed by atoms with Crippen LogP contribution >= 0.6 is 0 Å². The molecule has 0 saturated heterocycles. The SMILES string of the molecule is CC(=O)O.CC(=O)O.CC(=O)O.CC(=O)O.CC=C(N)N.[H-].[H-].[Na+].[Na+]. The van der Waals surface area contributed by atoms with Gasteiger partial charge in [-0.05, 0) is 13.0 Å². The van der Waals surface area contributed by atoms with Gasteiger partial charge in [0, 0.05) is 27.7 Å². The fourth-order valence-corrected chi connectivity index (χ4v) is 0. The molecular formula is C11H26N2Na2O8. The Morgan fingerprint density at radius 3 is 0.739 bits per heavy atom. The summed E-state index contributed by atoms with van der Waals surface area (Å²) in [6.45, 7) is 6.12. The minimum absolute atomic E-state index is 0. The minimum atomic E-state index is -0.833. The van der Waals surface area contributed by atoms with Gasteiger partial charge in [-0.3, -0.25) is 19.2 Å². The number of aliphatic carboxylic acids is 4.